The molecule has 8 nitrogen and oxygen atoms in total. The maximum atomic E-state index is 12.0. The molecule has 0 aliphatic carbocycles. The number of carbonyl (C=O) groups is 1. The first-order chi connectivity index (χ1) is 12.7. The molecule has 2 aliphatic heterocycles. The SMILES string of the molecule is COCC(=O)N1CCC(n2ncc3c2CN(c2ncc(C)cn2)C3)CC1. The molecule has 1 fully saturated rings. The van der Waals surface area contributed by atoms with Crippen LogP contribution in [0.1, 0.15) is 35.7 Å². The lowest BCUT2D eigenvalue weighted by Crippen LogP contribution is -2.41. The zero-order chi connectivity index (χ0) is 18.1. The zero-order valence-corrected chi connectivity index (χ0v) is 15.3. The van der Waals surface area contributed by atoms with Gasteiger partial charge in [0.25, 0.3) is 0 Å². The highest BCUT2D eigenvalue weighted by Gasteiger charge is 2.30. The molecular weight excluding hydrogens is 332 g/mol. The van der Waals surface area contributed by atoms with E-state index < -0.39 is 0 Å². The van der Waals surface area contributed by atoms with E-state index in [4.69, 9.17) is 4.74 Å². The van der Waals surface area contributed by atoms with E-state index in [1.165, 1.54) is 11.3 Å². The number of hydrogen-bond acceptors (Lipinski definition) is 6. The fraction of sp³-hybridized carbons (Fsp3) is 0.556. The average molecular weight is 356 g/mol. The Morgan fingerprint density at radius 2 is 1.92 bits per heavy atom. The highest BCUT2D eigenvalue weighted by molar-refractivity contribution is 5.77. The Balaban J connectivity index is 1.43. The lowest BCUT2D eigenvalue weighted by Gasteiger charge is -2.32. The zero-order valence-electron chi connectivity index (χ0n) is 15.3. The molecule has 2 aromatic rings. The molecule has 26 heavy (non-hydrogen) atoms. The fourth-order valence-electron chi connectivity index (χ4n) is 3.75. The predicted molar refractivity (Wildman–Crippen MR) is 95.6 cm³/mol. The number of rotatable bonds is 4. The standard InChI is InChI=1S/C18H24N6O2/c1-13-7-19-18(20-8-13)23-10-14-9-21-24(16(14)11-23)15-3-5-22(6-4-15)17(25)12-26-2/h7-9,15H,3-6,10-12H2,1-2H3. The van der Waals surface area contributed by atoms with Gasteiger partial charge in [0, 0.05) is 44.7 Å². The third-order valence-corrected chi connectivity index (χ3v) is 5.17. The summed E-state index contributed by atoms with van der Waals surface area (Å²) < 4.78 is 7.11. The van der Waals surface area contributed by atoms with E-state index in [1.54, 1.807) is 7.11 Å². The highest BCUT2D eigenvalue weighted by atomic mass is 16.5. The number of fused-ring (bicyclic) bond motifs is 1. The van der Waals surface area contributed by atoms with Crippen LogP contribution in [0.25, 0.3) is 0 Å². The Kier molecular flexibility index (Phi) is 4.58. The van der Waals surface area contributed by atoms with E-state index in [0.717, 1.165) is 50.5 Å². The molecule has 0 unspecified atom stereocenters. The molecule has 138 valence electrons. The number of hydrogen-bond donors (Lipinski definition) is 0. The number of ether oxygens (including phenoxy) is 1. The molecule has 0 bridgehead atoms. The van der Waals surface area contributed by atoms with Gasteiger partial charge in [-0.25, -0.2) is 9.97 Å². The Labute approximate surface area is 152 Å². The third kappa shape index (κ3) is 3.16. The summed E-state index contributed by atoms with van der Waals surface area (Å²) in [5.74, 6) is 0.831. The minimum absolute atomic E-state index is 0.0688. The second kappa shape index (κ2) is 7.03. The minimum Gasteiger partial charge on any atom is -0.375 e. The first-order valence-corrected chi connectivity index (χ1v) is 9.01. The van der Waals surface area contributed by atoms with Crippen LogP contribution in [-0.4, -0.2) is 57.4 Å². The average Bonchev–Trinajstić information content (AvgIpc) is 3.23. The first kappa shape index (κ1) is 17.0. The van der Waals surface area contributed by atoms with Crippen molar-refractivity contribution in [1.82, 2.24) is 24.6 Å². The van der Waals surface area contributed by atoms with E-state index in [1.807, 2.05) is 30.4 Å². The van der Waals surface area contributed by atoms with Crippen molar-refractivity contribution in [1.29, 1.82) is 0 Å². The monoisotopic (exact) mass is 356 g/mol. The maximum absolute atomic E-state index is 12.0. The Bertz CT molecular complexity index is 779. The van der Waals surface area contributed by atoms with E-state index in [0.29, 0.717) is 6.04 Å². The van der Waals surface area contributed by atoms with Crippen molar-refractivity contribution in [3.8, 4) is 0 Å². The van der Waals surface area contributed by atoms with Crippen LogP contribution in [0, 0.1) is 6.92 Å². The van der Waals surface area contributed by atoms with Crippen molar-refractivity contribution in [2.24, 2.45) is 0 Å². The first-order valence-electron chi connectivity index (χ1n) is 9.01. The normalized spacial score (nSPS) is 17.6. The molecule has 0 saturated carbocycles. The third-order valence-electron chi connectivity index (χ3n) is 5.17. The summed E-state index contributed by atoms with van der Waals surface area (Å²) in [6, 6.07) is 0.337. The fourth-order valence-corrected chi connectivity index (χ4v) is 3.75. The van der Waals surface area contributed by atoms with Gasteiger partial charge in [0.05, 0.1) is 24.5 Å². The van der Waals surface area contributed by atoms with Gasteiger partial charge in [-0.2, -0.15) is 5.10 Å². The summed E-state index contributed by atoms with van der Waals surface area (Å²) in [6.45, 7) is 5.24. The van der Waals surface area contributed by atoms with E-state index in [-0.39, 0.29) is 12.5 Å². The molecule has 0 aromatic carbocycles. The van der Waals surface area contributed by atoms with Crippen molar-refractivity contribution in [2.75, 3.05) is 31.7 Å². The lowest BCUT2D eigenvalue weighted by molar-refractivity contribution is -0.136. The van der Waals surface area contributed by atoms with Crippen LogP contribution in [0.3, 0.4) is 0 Å². The van der Waals surface area contributed by atoms with Crippen LogP contribution in [0.2, 0.25) is 0 Å². The number of methoxy groups -OCH3 is 1. The molecule has 1 saturated heterocycles. The Morgan fingerprint density at radius 1 is 1.19 bits per heavy atom. The van der Waals surface area contributed by atoms with Gasteiger partial charge < -0.3 is 14.5 Å². The smallest absolute Gasteiger partial charge is 0.248 e. The summed E-state index contributed by atoms with van der Waals surface area (Å²) in [5.41, 5.74) is 3.55. The molecule has 0 N–H and O–H groups in total. The molecule has 0 atom stereocenters. The van der Waals surface area contributed by atoms with Crippen molar-refractivity contribution < 1.29 is 9.53 Å². The number of amides is 1. The van der Waals surface area contributed by atoms with Crippen molar-refractivity contribution in [3.05, 3.63) is 35.4 Å². The van der Waals surface area contributed by atoms with Gasteiger partial charge in [-0.3, -0.25) is 9.48 Å². The molecule has 4 rings (SSSR count). The number of aromatic nitrogens is 4. The van der Waals surface area contributed by atoms with E-state index in [2.05, 4.69) is 24.6 Å². The van der Waals surface area contributed by atoms with Crippen molar-refractivity contribution >= 4 is 11.9 Å². The number of aryl methyl sites for hydroxylation is 1. The van der Waals surface area contributed by atoms with Gasteiger partial charge in [0.15, 0.2) is 0 Å². The molecule has 1 amide bonds. The largest absolute Gasteiger partial charge is 0.375 e. The van der Waals surface area contributed by atoms with Gasteiger partial charge in [-0.05, 0) is 25.3 Å². The minimum atomic E-state index is 0.0688. The number of carbonyl (C=O) groups excluding carboxylic acids is 1. The van der Waals surface area contributed by atoms with Crippen LogP contribution in [-0.2, 0) is 22.6 Å². The highest BCUT2D eigenvalue weighted by Crippen LogP contribution is 2.31. The van der Waals surface area contributed by atoms with Crippen molar-refractivity contribution in [2.45, 2.75) is 38.9 Å². The summed E-state index contributed by atoms with van der Waals surface area (Å²) >= 11 is 0. The number of piperidine rings is 1. The molecule has 2 aromatic heterocycles. The number of likely N-dealkylation sites (tertiary alicyclic amines) is 1. The second-order valence-electron chi connectivity index (χ2n) is 7.02. The summed E-state index contributed by atoms with van der Waals surface area (Å²) in [5, 5.41) is 4.63. The van der Waals surface area contributed by atoms with Crippen molar-refractivity contribution in [3.63, 3.8) is 0 Å². The van der Waals surface area contributed by atoms with Gasteiger partial charge in [0.1, 0.15) is 6.61 Å². The van der Waals surface area contributed by atoms with E-state index >= 15 is 0 Å². The second-order valence-corrected chi connectivity index (χ2v) is 7.02. The van der Waals surface area contributed by atoms with Gasteiger partial charge in [-0.1, -0.05) is 0 Å². The topological polar surface area (TPSA) is 76.4 Å². The Hall–Kier alpha value is -2.48. The molecule has 2 aliphatic rings. The van der Waals surface area contributed by atoms with Gasteiger partial charge >= 0.3 is 0 Å². The molecular formula is C18H24N6O2. The molecule has 8 heteroatoms. The summed E-state index contributed by atoms with van der Waals surface area (Å²) in [6.07, 6.45) is 7.51. The van der Waals surface area contributed by atoms with Crippen LogP contribution < -0.4 is 4.90 Å². The maximum Gasteiger partial charge on any atom is 0.248 e. The van der Waals surface area contributed by atoms with Crippen LogP contribution in [0.15, 0.2) is 18.6 Å². The van der Waals surface area contributed by atoms with Crippen LogP contribution in [0.5, 0.6) is 0 Å². The quantitative estimate of drug-likeness (QED) is 0.822. The lowest BCUT2D eigenvalue weighted by atomic mass is 10.0. The van der Waals surface area contributed by atoms with Gasteiger partial charge in [0.2, 0.25) is 11.9 Å². The molecule has 0 spiro atoms. The number of nitrogens with zero attached hydrogens (tertiary/aromatic N) is 6. The molecule has 0 radical (unpaired) electrons. The Morgan fingerprint density at radius 3 is 2.62 bits per heavy atom. The molecule has 4 heterocycles. The van der Waals surface area contributed by atoms with Crippen LogP contribution in [0.4, 0.5) is 5.95 Å². The predicted octanol–water partition coefficient (Wildman–Crippen LogP) is 1.31. The van der Waals surface area contributed by atoms with E-state index in [9.17, 15) is 4.79 Å². The summed E-state index contributed by atoms with van der Waals surface area (Å²) in [7, 11) is 1.56. The summed E-state index contributed by atoms with van der Waals surface area (Å²) in [4.78, 5) is 24.9. The van der Waals surface area contributed by atoms with Crippen LogP contribution >= 0.6 is 0 Å². The van der Waals surface area contributed by atoms with Gasteiger partial charge in [-0.15, -0.1) is 0 Å². The number of anilines is 1.